The van der Waals surface area contributed by atoms with Gasteiger partial charge in [0.05, 0.1) is 0 Å². The van der Waals surface area contributed by atoms with Crippen LogP contribution in [0.3, 0.4) is 0 Å². The predicted molar refractivity (Wildman–Crippen MR) is 42.2 cm³/mol. The summed E-state index contributed by atoms with van der Waals surface area (Å²) in [6.45, 7) is 0. The molecule has 0 heterocycles. The van der Waals surface area contributed by atoms with Crippen LogP contribution in [0.15, 0.2) is 0 Å². The molecule has 0 atom stereocenters. The molecule has 0 bridgehead atoms. The van der Waals surface area contributed by atoms with Crippen LogP contribution in [-0.2, 0) is 4.79 Å². The van der Waals surface area contributed by atoms with Gasteiger partial charge in [0.25, 0.3) is 0 Å². The SMILES string of the molecule is O=CC(F)(F)CC1CCCCC1. The quantitative estimate of drug-likeness (QED) is 0.604. The van der Waals surface area contributed by atoms with Crippen molar-refractivity contribution in [2.45, 2.75) is 44.4 Å². The Kier molecular flexibility index (Phi) is 3.18. The average molecular weight is 176 g/mol. The van der Waals surface area contributed by atoms with Crippen molar-refractivity contribution in [3.05, 3.63) is 0 Å². The van der Waals surface area contributed by atoms with Gasteiger partial charge in [0.15, 0.2) is 6.29 Å². The predicted octanol–water partition coefficient (Wildman–Crippen LogP) is 2.79. The summed E-state index contributed by atoms with van der Waals surface area (Å²) in [6, 6.07) is 0. The normalized spacial score (nSPS) is 20.8. The van der Waals surface area contributed by atoms with Gasteiger partial charge < -0.3 is 0 Å². The van der Waals surface area contributed by atoms with E-state index in [9.17, 15) is 13.6 Å². The van der Waals surface area contributed by atoms with E-state index in [0.29, 0.717) is 0 Å². The highest BCUT2D eigenvalue weighted by atomic mass is 19.3. The Bertz CT molecular complexity index is 151. The van der Waals surface area contributed by atoms with Crippen molar-refractivity contribution in [3.63, 3.8) is 0 Å². The van der Waals surface area contributed by atoms with E-state index in [1.807, 2.05) is 0 Å². The molecule has 1 saturated carbocycles. The maximum absolute atomic E-state index is 12.6. The average Bonchev–Trinajstić information content (AvgIpc) is 2.06. The van der Waals surface area contributed by atoms with E-state index >= 15 is 0 Å². The molecule has 12 heavy (non-hydrogen) atoms. The first-order chi connectivity index (χ1) is 5.64. The van der Waals surface area contributed by atoms with Gasteiger partial charge in [-0.15, -0.1) is 0 Å². The number of carbonyl (C=O) groups excluding carboxylic acids is 1. The summed E-state index contributed by atoms with van der Waals surface area (Å²) < 4.78 is 25.1. The first-order valence-corrected chi connectivity index (χ1v) is 4.48. The van der Waals surface area contributed by atoms with Gasteiger partial charge in [0.2, 0.25) is 0 Å². The molecule has 0 aromatic rings. The molecule has 0 radical (unpaired) electrons. The fourth-order valence-electron chi connectivity index (χ4n) is 1.82. The number of hydrogen-bond donors (Lipinski definition) is 0. The minimum absolute atomic E-state index is 0.0685. The second kappa shape index (κ2) is 3.97. The van der Waals surface area contributed by atoms with Gasteiger partial charge >= 0.3 is 5.92 Å². The second-order valence-corrected chi connectivity index (χ2v) is 3.59. The summed E-state index contributed by atoms with van der Waals surface area (Å²) in [5.74, 6) is -3.01. The molecule has 0 unspecified atom stereocenters. The summed E-state index contributed by atoms with van der Waals surface area (Å²) >= 11 is 0. The zero-order chi connectivity index (χ0) is 9.03. The Morgan fingerprint density at radius 2 is 1.83 bits per heavy atom. The smallest absolute Gasteiger partial charge is 0.297 e. The van der Waals surface area contributed by atoms with Crippen molar-refractivity contribution in [1.29, 1.82) is 0 Å². The lowest BCUT2D eigenvalue weighted by Crippen LogP contribution is -2.23. The molecule has 1 aliphatic rings. The topological polar surface area (TPSA) is 17.1 Å². The fourth-order valence-corrected chi connectivity index (χ4v) is 1.82. The Morgan fingerprint density at radius 1 is 1.25 bits per heavy atom. The second-order valence-electron chi connectivity index (χ2n) is 3.59. The number of rotatable bonds is 3. The van der Waals surface area contributed by atoms with Gasteiger partial charge in [-0.3, -0.25) is 4.79 Å². The highest BCUT2D eigenvalue weighted by molar-refractivity contribution is 5.59. The van der Waals surface area contributed by atoms with Crippen molar-refractivity contribution in [3.8, 4) is 0 Å². The van der Waals surface area contributed by atoms with Crippen molar-refractivity contribution in [2.24, 2.45) is 5.92 Å². The largest absolute Gasteiger partial charge is 0.302 e. The molecule has 0 spiro atoms. The van der Waals surface area contributed by atoms with Crippen LogP contribution < -0.4 is 0 Å². The third-order valence-corrected chi connectivity index (χ3v) is 2.46. The van der Waals surface area contributed by atoms with Crippen LogP contribution in [0.1, 0.15) is 38.5 Å². The van der Waals surface area contributed by atoms with E-state index in [1.54, 1.807) is 0 Å². The van der Waals surface area contributed by atoms with Gasteiger partial charge in [0.1, 0.15) is 0 Å². The van der Waals surface area contributed by atoms with Crippen molar-refractivity contribution in [1.82, 2.24) is 0 Å². The van der Waals surface area contributed by atoms with Gasteiger partial charge in [-0.1, -0.05) is 32.1 Å². The minimum atomic E-state index is -3.08. The third kappa shape index (κ3) is 2.88. The molecule has 0 N–H and O–H groups in total. The lowest BCUT2D eigenvalue weighted by atomic mass is 9.85. The fraction of sp³-hybridized carbons (Fsp3) is 0.889. The van der Waals surface area contributed by atoms with Crippen LogP contribution in [0.5, 0.6) is 0 Å². The monoisotopic (exact) mass is 176 g/mol. The molecule has 0 aliphatic heterocycles. The molecule has 70 valence electrons. The molecule has 0 aromatic carbocycles. The highest BCUT2D eigenvalue weighted by Crippen LogP contribution is 2.32. The van der Waals surface area contributed by atoms with E-state index in [2.05, 4.69) is 0 Å². The van der Waals surface area contributed by atoms with E-state index in [0.717, 1.165) is 32.1 Å². The maximum Gasteiger partial charge on any atom is 0.302 e. The molecule has 0 amide bonds. The highest BCUT2D eigenvalue weighted by Gasteiger charge is 2.32. The standard InChI is InChI=1S/C9H14F2O/c10-9(11,7-12)6-8-4-2-1-3-5-8/h7-8H,1-6H2. The van der Waals surface area contributed by atoms with Gasteiger partial charge in [-0.05, 0) is 5.92 Å². The Labute approximate surface area is 71.1 Å². The number of carbonyl (C=O) groups is 1. The van der Waals surface area contributed by atoms with Gasteiger partial charge in [0, 0.05) is 6.42 Å². The number of alkyl halides is 2. The minimum Gasteiger partial charge on any atom is -0.297 e. The summed E-state index contributed by atoms with van der Waals surface area (Å²) in [5.41, 5.74) is 0. The van der Waals surface area contributed by atoms with Crippen molar-refractivity contribution in [2.75, 3.05) is 0 Å². The van der Waals surface area contributed by atoms with Crippen LogP contribution in [-0.4, -0.2) is 12.2 Å². The summed E-state index contributed by atoms with van der Waals surface area (Å²) in [5, 5.41) is 0. The van der Waals surface area contributed by atoms with Crippen LogP contribution in [0.25, 0.3) is 0 Å². The first-order valence-electron chi connectivity index (χ1n) is 4.48. The molecule has 0 saturated heterocycles. The molecule has 1 rings (SSSR count). The van der Waals surface area contributed by atoms with Crippen LogP contribution >= 0.6 is 0 Å². The van der Waals surface area contributed by atoms with Crippen molar-refractivity contribution >= 4 is 6.29 Å². The Hall–Kier alpha value is -0.470. The number of aldehydes is 1. The molecule has 0 aromatic heterocycles. The molecule has 1 nitrogen and oxygen atoms in total. The van der Waals surface area contributed by atoms with Gasteiger partial charge in [-0.2, -0.15) is 8.78 Å². The summed E-state index contributed by atoms with van der Waals surface area (Å²) in [7, 11) is 0. The molecular formula is C9H14F2O. The zero-order valence-electron chi connectivity index (χ0n) is 7.06. The molecule has 1 aliphatic carbocycles. The molecular weight excluding hydrogens is 162 g/mol. The van der Waals surface area contributed by atoms with Crippen LogP contribution in [0.4, 0.5) is 8.78 Å². The Morgan fingerprint density at radius 3 is 2.33 bits per heavy atom. The van der Waals surface area contributed by atoms with Crippen molar-refractivity contribution < 1.29 is 13.6 Å². The lowest BCUT2D eigenvalue weighted by Gasteiger charge is -2.23. The van der Waals surface area contributed by atoms with Crippen LogP contribution in [0.2, 0.25) is 0 Å². The van der Waals surface area contributed by atoms with E-state index in [1.165, 1.54) is 0 Å². The zero-order valence-corrected chi connectivity index (χ0v) is 7.06. The Balaban J connectivity index is 2.33. The number of hydrogen-bond acceptors (Lipinski definition) is 1. The van der Waals surface area contributed by atoms with E-state index in [4.69, 9.17) is 0 Å². The van der Waals surface area contributed by atoms with Gasteiger partial charge in [-0.25, -0.2) is 0 Å². The van der Waals surface area contributed by atoms with E-state index < -0.39 is 5.92 Å². The van der Waals surface area contributed by atoms with E-state index in [-0.39, 0.29) is 18.6 Å². The number of halogens is 2. The summed E-state index contributed by atoms with van der Waals surface area (Å²) in [4.78, 5) is 9.95. The maximum atomic E-state index is 12.6. The lowest BCUT2D eigenvalue weighted by molar-refractivity contribution is -0.131. The molecule has 3 heteroatoms. The summed E-state index contributed by atoms with van der Waals surface area (Å²) in [6.07, 6.45) is 4.51. The third-order valence-electron chi connectivity index (χ3n) is 2.46. The first kappa shape index (κ1) is 9.62. The molecule has 1 fully saturated rings. The van der Waals surface area contributed by atoms with Crippen LogP contribution in [0, 0.1) is 5.92 Å².